The average Bonchev–Trinajstić information content (AvgIpc) is 2.38. The molecule has 0 radical (unpaired) electrons. The Hall–Kier alpha value is -1.29. The molecule has 1 aromatic carbocycles. The van der Waals surface area contributed by atoms with Gasteiger partial charge in [0.25, 0.3) is 0 Å². The van der Waals surface area contributed by atoms with Crippen molar-refractivity contribution in [2.45, 2.75) is 59.8 Å². The lowest BCUT2D eigenvalue weighted by Gasteiger charge is -2.40. The van der Waals surface area contributed by atoms with Crippen molar-refractivity contribution in [3.63, 3.8) is 0 Å². The number of aryl methyl sites for hydroxylation is 1. The molecule has 1 aliphatic rings. The van der Waals surface area contributed by atoms with Crippen LogP contribution in [0.15, 0.2) is 24.3 Å². The molecule has 0 aliphatic heterocycles. The molecule has 1 fully saturated rings. The van der Waals surface area contributed by atoms with E-state index in [1.54, 1.807) is 0 Å². The zero-order chi connectivity index (χ0) is 14.8. The van der Waals surface area contributed by atoms with E-state index in [0.29, 0.717) is 5.41 Å². The predicted octanol–water partition coefficient (Wildman–Crippen LogP) is 5.28. The van der Waals surface area contributed by atoms with Crippen LogP contribution in [0.1, 0.15) is 57.6 Å². The fourth-order valence-electron chi connectivity index (χ4n) is 3.58. The highest BCUT2D eigenvalue weighted by Gasteiger charge is 2.38. The summed E-state index contributed by atoms with van der Waals surface area (Å²) in [6.45, 7) is 9.12. The third-order valence-electron chi connectivity index (χ3n) is 5.03. The summed E-state index contributed by atoms with van der Waals surface area (Å²) in [5.41, 5.74) is 2.86. The number of benzene rings is 1. The standard InChI is InChI=1S/C19H27N/c1-15-6-5-7-16(12-15)13-19(14-20)10-8-17(9-11-19)18(2,3)4/h5-7,12,17H,8-11,13H2,1-4H3. The predicted molar refractivity (Wildman–Crippen MR) is 84.3 cm³/mol. The zero-order valence-electron chi connectivity index (χ0n) is 13.4. The SMILES string of the molecule is Cc1cccc(CC2(C#N)CCC(C(C)(C)C)CC2)c1. The number of hydrogen-bond donors (Lipinski definition) is 0. The number of nitriles is 1. The topological polar surface area (TPSA) is 23.8 Å². The monoisotopic (exact) mass is 269 g/mol. The largest absolute Gasteiger partial charge is 0.198 e. The van der Waals surface area contributed by atoms with Gasteiger partial charge in [-0.05, 0) is 55.9 Å². The van der Waals surface area contributed by atoms with Crippen molar-refractivity contribution in [2.75, 3.05) is 0 Å². The summed E-state index contributed by atoms with van der Waals surface area (Å²) in [4.78, 5) is 0. The number of nitrogens with zero attached hydrogens (tertiary/aromatic N) is 1. The molecule has 0 heterocycles. The van der Waals surface area contributed by atoms with Crippen molar-refractivity contribution >= 4 is 0 Å². The molecule has 0 amide bonds. The van der Waals surface area contributed by atoms with Crippen molar-refractivity contribution in [2.24, 2.45) is 16.7 Å². The zero-order valence-corrected chi connectivity index (χ0v) is 13.4. The van der Waals surface area contributed by atoms with Crippen molar-refractivity contribution < 1.29 is 0 Å². The van der Waals surface area contributed by atoms with Gasteiger partial charge >= 0.3 is 0 Å². The lowest BCUT2D eigenvalue weighted by Crippen LogP contribution is -2.33. The second-order valence-electron chi connectivity index (χ2n) is 7.70. The van der Waals surface area contributed by atoms with Gasteiger partial charge in [-0.15, -0.1) is 0 Å². The normalized spacial score (nSPS) is 27.1. The van der Waals surface area contributed by atoms with E-state index in [9.17, 15) is 5.26 Å². The Morgan fingerprint density at radius 1 is 1.25 bits per heavy atom. The minimum absolute atomic E-state index is 0.129. The molecule has 2 rings (SSSR count). The van der Waals surface area contributed by atoms with Gasteiger partial charge in [-0.2, -0.15) is 5.26 Å². The molecule has 0 unspecified atom stereocenters. The molecule has 0 saturated heterocycles. The van der Waals surface area contributed by atoms with Crippen LogP contribution in [-0.2, 0) is 6.42 Å². The van der Waals surface area contributed by atoms with Crippen LogP contribution in [0.2, 0.25) is 0 Å². The maximum atomic E-state index is 9.71. The van der Waals surface area contributed by atoms with E-state index in [4.69, 9.17) is 0 Å². The van der Waals surface area contributed by atoms with E-state index in [1.165, 1.54) is 24.0 Å². The smallest absolute Gasteiger partial charge is 0.0693 e. The van der Waals surface area contributed by atoms with Gasteiger partial charge in [0, 0.05) is 0 Å². The van der Waals surface area contributed by atoms with Gasteiger partial charge in [-0.3, -0.25) is 0 Å². The number of rotatable bonds is 2. The van der Waals surface area contributed by atoms with E-state index >= 15 is 0 Å². The Morgan fingerprint density at radius 3 is 2.40 bits per heavy atom. The average molecular weight is 269 g/mol. The summed E-state index contributed by atoms with van der Waals surface area (Å²) in [7, 11) is 0. The first-order valence-corrected chi connectivity index (χ1v) is 7.81. The highest BCUT2D eigenvalue weighted by molar-refractivity contribution is 5.25. The maximum absolute atomic E-state index is 9.71. The van der Waals surface area contributed by atoms with Crippen molar-refractivity contribution in [1.82, 2.24) is 0 Å². The lowest BCUT2D eigenvalue weighted by atomic mass is 9.63. The highest BCUT2D eigenvalue weighted by atomic mass is 14.4. The molecule has 1 heteroatoms. The van der Waals surface area contributed by atoms with E-state index < -0.39 is 0 Å². The number of hydrogen-bond acceptors (Lipinski definition) is 1. The van der Waals surface area contributed by atoms with Crippen LogP contribution in [-0.4, -0.2) is 0 Å². The third kappa shape index (κ3) is 3.42. The minimum atomic E-state index is -0.129. The van der Waals surface area contributed by atoms with Crippen LogP contribution in [0.25, 0.3) is 0 Å². The summed E-state index contributed by atoms with van der Waals surface area (Å²) in [5.74, 6) is 0.765. The summed E-state index contributed by atoms with van der Waals surface area (Å²) in [5, 5.41) is 9.71. The van der Waals surface area contributed by atoms with Gasteiger partial charge in [0.1, 0.15) is 0 Å². The second-order valence-corrected chi connectivity index (χ2v) is 7.70. The molecule has 0 aromatic heterocycles. The van der Waals surface area contributed by atoms with E-state index in [-0.39, 0.29) is 5.41 Å². The molecule has 1 nitrogen and oxygen atoms in total. The molecule has 1 aliphatic carbocycles. The summed E-state index contributed by atoms with van der Waals surface area (Å²) in [6, 6.07) is 11.3. The van der Waals surface area contributed by atoms with E-state index in [1.807, 2.05) is 0 Å². The highest BCUT2D eigenvalue weighted by Crippen LogP contribution is 2.46. The van der Waals surface area contributed by atoms with Crippen LogP contribution in [0.4, 0.5) is 0 Å². The Bertz CT molecular complexity index is 493. The molecule has 20 heavy (non-hydrogen) atoms. The molecule has 0 spiro atoms. The van der Waals surface area contributed by atoms with Gasteiger partial charge in [-0.1, -0.05) is 50.6 Å². The second kappa shape index (κ2) is 5.60. The fraction of sp³-hybridized carbons (Fsp3) is 0.632. The minimum Gasteiger partial charge on any atom is -0.198 e. The van der Waals surface area contributed by atoms with E-state index in [2.05, 4.69) is 58.0 Å². The first kappa shape index (κ1) is 15.1. The molecule has 0 atom stereocenters. The first-order valence-electron chi connectivity index (χ1n) is 7.81. The van der Waals surface area contributed by atoms with Gasteiger partial charge < -0.3 is 0 Å². The molecule has 1 saturated carbocycles. The quantitative estimate of drug-likeness (QED) is 0.716. The molecule has 0 bridgehead atoms. The third-order valence-corrected chi connectivity index (χ3v) is 5.03. The van der Waals surface area contributed by atoms with Crippen LogP contribution in [0.5, 0.6) is 0 Å². The Labute approximate surface area is 124 Å². The summed E-state index contributed by atoms with van der Waals surface area (Å²) in [6.07, 6.45) is 5.42. The fourth-order valence-corrected chi connectivity index (χ4v) is 3.58. The molecular formula is C19H27N. The Balaban J connectivity index is 2.08. The first-order chi connectivity index (χ1) is 9.35. The Morgan fingerprint density at radius 2 is 1.90 bits per heavy atom. The van der Waals surface area contributed by atoms with Crippen LogP contribution in [0.3, 0.4) is 0 Å². The lowest BCUT2D eigenvalue weighted by molar-refractivity contribution is 0.120. The van der Waals surface area contributed by atoms with Gasteiger partial charge in [-0.25, -0.2) is 0 Å². The molecule has 0 N–H and O–H groups in total. The van der Waals surface area contributed by atoms with Crippen molar-refractivity contribution in [1.29, 1.82) is 5.26 Å². The molecule has 1 aromatic rings. The van der Waals surface area contributed by atoms with Crippen LogP contribution >= 0.6 is 0 Å². The maximum Gasteiger partial charge on any atom is 0.0693 e. The Kier molecular flexibility index (Phi) is 4.23. The van der Waals surface area contributed by atoms with E-state index in [0.717, 1.165) is 25.2 Å². The van der Waals surface area contributed by atoms with Crippen molar-refractivity contribution in [3.05, 3.63) is 35.4 Å². The molecule has 108 valence electrons. The molecular weight excluding hydrogens is 242 g/mol. The van der Waals surface area contributed by atoms with Crippen molar-refractivity contribution in [3.8, 4) is 6.07 Å². The van der Waals surface area contributed by atoms with Crippen LogP contribution < -0.4 is 0 Å². The van der Waals surface area contributed by atoms with Gasteiger partial charge in [0.05, 0.1) is 11.5 Å². The van der Waals surface area contributed by atoms with Crippen LogP contribution in [0, 0.1) is 35.0 Å². The summed E-state index contributed by atoms with van der Waals surface area (Å²) >= 11 is 0. The van der Waals surface area contributed by atoms with Gasteiger partial charge in [0.2, 0.25) is 0 Å². The van der Waals surface area contributed by atoms with Gasteiger partial charge in [0.15, 0.2) is 0 Å². The summed E-state index contributed by atoms with van der Waals surface area (Å²) < 4.78 is 0.